The van der Waals surface area contributed by atoms with Crippen molar-refractivity contribution in [2.24, 2.45) is 5.92 Å². The Balaban J connectivity index is 1.66. The number of nitrogens with zero attached hydrogens (tertiary/aromatic N) is 2. The zero-order valence-electron chi connectivity index (χ0n) is 11.3. The quantitative estimate of drug-likeness (QED) is 0.754. The summed E-state index contributed by atoms with van der Waals surface area (Å²) in [7, 11) is 1.75. The molecule has 0 unspecified atom stereocenters. The van der Waals surface area contributed by atoms with E-state index >= 15 is 0 Å². The number of piperidine rings is 3. The molecule has 1 atom stereocenters. The molecule has 5 heterocycles. The molecule has 0 aromatic carbocycles. The molecule has 0 saturated carbocycles. The number of ether oxygens (including phenoxy) is 2. The van der Waals surface area contributed by atoms with Crippen molar-refractivity contribution in [1.29, 1.82) is 0 Å². The zero-order chi connectivity index (χ0) is 12.8. The molecule has 3 fully saturated rings. The van der Waals surface area contributed by atoms with Gasteiger partial charge in [0, 0.05) is 18.3 Å². The smallest absolute Gasteiger partial charge is 0.237 e. The Morgan fingerprint density at radius 2 is 2.16 bits per heavy atom. The predicted molar refractivity (Wildman–Crippen MR) is 72.0 cm³/mol. The van der Waals surface area contributed by atoms with Gasteiger partial charge in [-0.05, 0) is 44.0 Å². The summed E-state index contributed by atoms with van der Waals surface area (Å²) in [6.07, 6.45) is 9.06. The van der Waals surface area contributed by atoms with Gasteiger partial charge in [0.25, 0.3) is 0 Å². The van der Waals surface area contributed by atoms with Crippen molar-refractivity contribution < 1.29 is 9.47 Å². The highest BCUT2D eigenvalue weighted by Crippen LogP contribution is 2.37. The summed E-state index contributed by atoms with van der Waals surface area (Å²) in [6, 6.07) is 0.534. The van der Waals surface area contributed by atoms with Crippen molar-refractivity contribution in [3.05, 3.63) is 35.6 Å². The predicted octanol–water partition coefficient (Wildman–Crippen LogP) is 1.68. The zero-order valence-corrected chi connectivity index (χ0v) is 11.3. The van der Waals surface area contributed by atoms with E-state index in [0.717, 1.165) is 29.7 Å². The summed E-state index contributed by atoms with van der Waals surface area (Å²) in [5, 5.41) is 0. The molecule has 2 bridgehead atoms. The van der Waals surface area contributed by atoms with Crippen molar-refractivity contribution >= 4 is 0 Å². The molecule has 0 aliphatic carbocycles. The number of rotatable bonds is 2. The van der Waals surface area contributed by atoms with Gasteiger partial charge < -0.3 is 19.3 Å². The van der Waals surface area contributed by atoms with Gasteiger partial charge in [-0.1, -0.05) is 0 Å². The number of hydrogen-bond acceptors (Lipinski definition) is 4. The van der Waals surface area contributed by atoms with Crippen LogP contribution in [0.5, 0.6) is 0 Å². The topological polar surface area (TPSA) is 24.9 Å². The van der Waals surface area contributed by atoms with E-state index in [9.17, 15) is 0 Å². The second-order valence-corrected chi connectivity index (χ2v) is 5.74. The summed E-state index contributed by atoms with van der Waals surface area (Å²) >= 11 is 0. The average molecular weight is 260 g/mol. The van der Waals surface area contributed by atoms with Crippen molar-refractivity contribution in [3.63, 3.8) is 0 Å². The lowest BCUT2D eigenvalue weighted by molar-refractivity contribution is 0.00921. The Hall–Kier alpha value is -1.42. The van der Waals surface area contributed by atoms with E-state index in [-0.39, 0.29) is 0 Å². The Labute approximate surface area is 114 Å². The van der Waals surface area contributed by atoms with Crippen LogP contribution in [0.1, 0.15) is 12.8 Å². The van der Waals surface area contributed by atoms with Crippen LogP contribution in [0.25, 0.3) is 0 Å². The molecule has 4 heteroatoms. The van der Waals surface area contributed by atoms with Gasteiger partial charge in [0.1, 0.15) is 6.61 Å². The summed E-state index contributed by atoms with van der Waals surface area (Å²) in [5.74, 6) is 2.60. The summed E-state index contributed by atoms with van der Waals surface area (Å²) < 4.78 is 11.4. The van der Waals surface area contributed by atoms with Gasteiger partial charge in [-0.2, -0.15) is 0 Å². The molecular weight excluding hydrogens is 240 g/mol. The molecule has 0 amide bonds. The third-order valence-corrected chi connectivity index (χ3v) is 4.81. The van der Waals surface area contributed by atoms with Gasteiger partial charge in [-0.15, -0.1) is 0 Å². The number of allylic oxidation sites excluding steroid dienone is 1. The Bertz CT molecular complexity index is 473. The molecule has 5 aliphatic rings. The van der Waals surface area contributed by atoms with Gasteiger partial charge in [0.05, 0.1) is 13.2 Å². The van der Waals surface area contributed by atoms with E-state index in [1.807, 2.05) is 0 Å². The van der Waals surface area contributed by atoms with E-state index in [1.54, 1.807) is 7.11 Å². The van der Waals surface area contributed by atoms with Crippen molar-refractivity contribution in [2.45, 2.75) is 18.9 Å². The summed E-state index contributed by atoms with van der Waals surface area (Å²) in [5.41, 5.74) is 1.16. The summed E-state index contributed by atoms with van der Waals surface area (Å²) in [6.45, 7) is 4.34. The SMILES string of the molecule is COC1=C2OCC=C2C=CN1[C@H]1CN2CCC1CC2. The number of fused-ring (bicyclic) bond motifs is 4. The van der Waals surface area contributed by atoms with Gasteiger partial charge in [0.2, 0.25) is 5.88 Å². The highest BCUT2D eigenvalue weighted by atomic mass is 16.5. The first-order valence-corrected chi connectivity index (χ1v) is 7.17. The minimum Gasteiger partial charge on any atom is -0.483 e. The Morgan fingerprint density at radius 3 is 2.84 bits per heavy atom. The summed E-state index contributed by atoms with van der Waals surface area (Å²) in [4.78, 5) is 4.87. The molecule has 0 spiro atoms. The van der Waals surface area contributed by atoms with Gasteiger partial charge >= 0.3 is 0 Å². The molecule has 3 saturated heterocycles. The van der Waals surface area contributed by atoms with Crippen LogP contribution in [0.2, 0.25) is 0 Å². The molecule has 0 aromatic rings. The van der Waals surface area contributed by atoms with E-state index in [0.29, 0.717) is 12.6 Å². The second kappa shape index (κ2) is 4.30. The molecule has 19 heavy (non-hydrogen) atoms. The maximum Gasteiger partial charge on any atom is 0.237 e. The van der Waals surface area contributed by atoms with Crippen molar-refractivity contribution in [1.82, 2.24) is 9.80 Å². The van der Waals surface area contributed by atoms with Crippen LogP contribution in [-0.4, -0.2) is 49.2 Å². The Kier molecular flexibility index (Phi) is 2.58. The van der Waals surface area contributed by atoms with E-state index in [2.05, 4.69) is 28.2 Å². The Morgan fingerprint density at radius 1 is 1.32 bits per heavy atom. The largest absolute Gasteiger partial charge is 0.483 e. The molecule has 0 aromatic heterocycles. The molecule has 0 radical (unpaired) electrons. The van der Waals surface area contributed by atoms with Crippen LogP contribution in [-0.2, 0) is 9.47 Å². The standard InChI is InChI=1S/C15H20N2O2/c1-18-15-14-12(5-9-19-14)4-8-17(15)13-10-16-6-2-11(13)3-7-16/h4-5,8,11,13H,2-3,6-7,9-10H2,1H3/t13-/m0/s1. The average Bonchev–Trinajstić information content (AvgIpc) is 2.95. The lowest BCUT2D eigenvalue weighted by atomic mass is 9.83. The van der Waals surface area contributed by atoms with Crippen LogP contribution in [0, 0.1) is 5.92 Å². The minimum atomic E-state index is 0.534. The maximum absolute atomic E-state index is 5.72. The lowest BCUT2D eigenvalue weighted by Crippen LogP contribution is -2.56. The molecule has 5 aliphatic heterocycles. The van der Waals surface area contributed by atoms with Crippen molar-refractivity contribution in [2.75, 3.05) is 33.4 Å². The molecular formula is C15H20N2O2. The first kappa shape index (κ1) is 11.4. The van der Waals surface area contributed by atoms with Gasteiger partial charge in [-0.3, -0.25) is 0 Å². The van der Waals surface area contributed by atoms with Crippen LogP contribution in [0.4, 0.5) is 0 Å². The van der Waals surface area contributed by atoms with E-state index in [1.165, 1.54) is 25.9 Å². The molecule has 5 rings (SSSR count). The fourth-order valence-corrected chi connectivity index (χ4v) is 3.77. The van der Waals surface area contributed by atoms with Crippen LogP contribution in [0.15, 0.2) is 35.6 Å². The highest BCUT2D eigenvalue weighted by molar-refractivity contribution is 5.44. The van der Waals surface area contributed by atoms with Gasteiger partial charge in [0.15, 0.2) is 5.76 Å². The fourth-order valence-electron chi connectivity index (χ4n) is 3.77. The number of methoxy groups -OCH3 is 1. The maximum atomic E-state index is 5.72. The number of hydrogen-bond donors (Lipinski definition) is 0. The van der Waals surface area contributed by atoms with Crippen LogP contribution < -0.4 is 0 Å². The second-order valence-electron chi connectivity index (χ2n) is 5.74. The third kappa shape index (κ3) is 1.70. The normalized spacial score (nSPS) is 36.2. The monoisotopic (exact) mass is 260 g/mol. The minimum absolute atomic E-state index is 0.534. The fraction of sp³-hybridized carbons (Fsp3) is 0.600. The lowest BCUT2D eigenvalue weighted by Gasteiger charge is -2.49. The first-order valence-electron chi connectivity index (χ1n) is 7.17. The van der Waals surface area contributed by atoms with E-state index in [4.69, 9.17) is 9.47 Å². The molecule has 4 nitrogen and oxygen atoms in total. The van der Waals surface area contributed by atoms with E-state index < -0.39 is 0 Å². The first-order chi connectivity index (χ1) is 9.36. The van der Waals surface area contributed by atoms with Crippen LogP contribution >= 0.6 is 0 Å². The van der Waals surface area contributed by atoms with Crippen molar-refractivity contribution in [3.8, 4) is 0 Å². The third-order valence-electron chi connectivity index (χ3n) is 4.81. The van der Waals surface area contributed by atoms with Gasteiger partial charge in [-0.25, -0.2) is 0 Å². The highest BCUT2D eigenvalue weighted by Gasteiger charge is 2.40. The molecule has 102 valence electrons. The molecule has 0 N–H and O–H groups in total. The van der Waals surface area contributed by atoms with Crippen LogP contribution in [0.3, 0.4) is 0 Å².